The van der Waals surface area contributed by atoms with Gasteiger partial charge in [0.25, 0.3) is 5.78 Å². The SMILES string of the molecule is CCC1/C=C(\C)CC(C)CC(OC)C2OC(O)(C(=O)C(=O)N3CCCCC3C(=O)OC(C(C)=CC3CCC([AsH2])C(Oc4ccccc4)C3)C(C)CCC1=O)C(C)CC2OC. The summed E-state index contributed by atoms with van der Waals surface area (Å²) >= 11 is 1.69. The normalized spacial score (nSPS) is 38.2. The molecule has 1 amide bonds. The van der Waals surface area contributed by atoms with Crippen LogP contribution in [0, 0.1) is 29.6 Å². The summed E-state index contributed by atoms with van der Waals surface area (Å²) < 4.78 is 31.5. The smallest absolute Gasteiger partial charge is 0.379 e. The van der Waals surface area contributed by atoms with Gasteiger partial charge in [-0.3, -0.25) is 9.59 Å². The van der Waals surface area contributed by atoms with E-state index in [1.54, 1.807) is 38.0 Å². The minimum absolute atomic E-state index is 0.0578. The van der Waals surface area contributed by atoms with Gasteiger partial charge in [-0.2, -0.15) is 0 Å². The Morgan fingerprint density at radius 2 is 1.65 bits per heavy atom. The molecule has 60 heavy (non-hydrogen) atoms. The summed E-state index contributed by atoms with van der Waals surface area (Å²) in [7, 11) is 3.13. The van der Waals surface area contributed by atoms with E-state index in [2.05, 4.69) is 19.1 Å². The molecule has 0 spiro atoms. The zero-order valence-corrected chi connectivity index (χ0v) is 39.7. The van der Waals surface area contributed by atoms with Crippen molar-refractivity contribution in [1.82, 2.24) is 4.90 Å². The van der Waals surface area contributed by atoms with Crippen LogP contribution in [-0.2, 0) is 38.1 Å². The molecule has 14 unspecified atom stereocenters. The number of hydrogen-bond acceptors (Lipinski definition) is 10. The molecule has 1 aromatic carbocycles. The summed E-state index contributed by atoms with van der Waals surface area (Å²) in [6.45, 7) is 12.0. The molecule has 11 nitrogen and oxygen atoms in total. The summed E-state index contributed by atoms with van der Waals surface area (Å²) in [5.41, 5.74) is 1.99. The molecule has 2 bridgehead atoms. The standard InChI is InChI=1S/C48H72AsNO10/c1-9-35-24-29(2)23-30(3)25-41(56-7)44-42(57-8)27-33(6)48(55,60-44)45(52)46(53)50-22-14-13-17-38(50)47(54)59-43(31(4)18-21-39(35)51)32(5)26-34-19-20-37(49)40(28-34)58-36-15-11-10-12-16-36/h10-12,15-16,24,26,30-31,33-35,37-38,40-44,55H,9,13-14,17-23,25,27-28,49H2,1-8H3/b29-24+,32-26?. The third kappa shape index (κ3) is 11.8. The fraction of sp³-hybridized carbons (Fsp3) is 0.708. The molecular formula is C48H72AsNO10. The number of allylic oxidation sites excluding steroid dienone is 3. The minimum Gasteiger partial charge on any atom is -0.379 e. The molecule has 12 heteroatoms. The van der Waals surface area contributed by atoms with E-state index in [-0.39, 0.29) is 48.5 Å². The average molecular weight is 898 g/mol. The molecule has 1 saturated carbocycles. The van der Waals surface area contributed by atoms with Crippen molar-refractivity contribution in [1.29, 1.82) is 0 Å². The molecule has 3 heterocycles. The molecule has 0 radical (unpaired) electrons. The van der Waals surface area contributed by atoms with Crippen molar-refractivity contribution in [2.45, 2.75) is 166 Å². The molecule has 0 aromatic heterocycles. The number of carbonyl (C=O) groups is 4. The second-order valence-electron chi connectivity index (χ2n) is 18.3. The summed E-state index contributed by atoms with van der Waals surface area (Å²) in [5.74, 6) is -5.05. The van der Waals surface area contributed by atoms with Gasteiger partial charge in [-0.15, -0.1) is 0 Å². The van der Waals surface area contributed by atoms with Crippen LogP contribution in [0.4, 0.5) is 0 Å². The van der Waals surface area contributed by atoms with Crippen molar-refractivity contribution >= 4 is 40.3 Å². The number of Topliss-reactive ketones (excluding diaryl/α,β-unsaturated/α-hetero) is 2. The van der Waals surface area contributed by atoms with E-state index in [1.165, 1.54) is 4.90 Å². The van der Waals surface area contributed by atoms with Gasteiger partial charge >= 0.3 is 212 Å². The maximum absolute atomic E-state index is 14.4. The number of carbonyl (C=O) groups excluding carboxylic acids is 4. The average Bonchev–Trinajstić information content (AvgIpc) is 3.24. The topological polar surface area (TPSA) is 138 Å². The van der Waals surface area contributed by atoms with E-state index < -0.39 is 59.8 Å². The van der Waals surface area contributed by atoms with Crippen molar-refractivity contribution in [2.75, 3.05) is 20.8 Å². The van der Waals surface area contributed by atoms with E-state index in [9.17, 15) is 24.3 Å². The number of ether oxygens (including phenoxy) is 5. The number of piperidine rings is 1. The van der Waals surface area contributed by atoms with Gasteiger partial charge in [0.15, 0.2) is 0 Å². The second-order valence-corrected chi connectivity index (χ2v) is 20.1. The van der Waals surface area contributed by atoms with Crippen molar-refractivity contribution < 1.29 is 48.0 Å². The number of hydrogen-bond donors (Lipinski definition) is 1. The number of aliphatic hydroxyl groups is 1. The number of methoxy groups -OCH3 is 2. The zero-order valence-electron chi connectivity index (χ0n) is 37.3. The molecule has 3 aliphatic heterocycles. The van der Waals surface area contributed by atoms with Crippen LogP contribution in [0.3, 0.4) is 0 Å². The van der Waals surface area contributed by atoms with Gasteiger partial charge in [0.1, 0.15) is 6.10 Å². The van der Waals surface area contributed by atoms with Crippen LogP contribution in [0.2, 0.25) is 4.71 Å². The third-order valence-electron chi connectivity index (χ3n) is 13.6. The number of para-hydroxylation sites is 1. The summed E-state index contributed by atoms with van der Waals surface area (Å²) in [6.07, 6.45) is 9.20. The van der Waals surface area contributed by atoms with Crippen LogP contribution in [0.1, 0.15) is 119 Å². The summed E-state index contributed by atoms with van der Waals surface area (Å²) in [4.78, 5) is 58.2. The number of amides is 1. The molecule has 1 aromatic rings. The number of fused-ring (bicyclic) bond motifs is 3. The predicted octanol–water partition coefficient (Wildman–Crippen LogP) is 7.00. The van der Waals surface area contributed by atoms with E-state index in [0.29, 0.717) is 56.1 Å². The molecule has 4 aliphatic rings. The first-order valence-corrected chi connectivity index (χ1v) is 23.9. The Hall–Kier alpha value is -2.82. The summed E-state index contributed by atoms with van der Waals surface area (Å²) in [5, 5.41) is 12.1. The van der Waals surface area contributed by atoms with Crippen LogP contribution in [0.5, 0.6) is 5.75 Å². The Bertz CT molecular complexity index is 1680. The predicted molar refractivity (Wildman–Crippen MR) is 233 cm³/mol. The zero-order chi connectivity index (χ0) is 43.7. The van der Waals surface area contributed by atoms with Crippen LogP contribution in [-0.4, -0.2) is 113 Å². The first-order chi connectivity index (χ1) is 28.6. The Morgan fingerprint density at radius 3 is 2.33 bits per heavy atom. The van der Waals surface area contributed by atoms with Crippen LogP contribution >= 0.6 is 0 Å². The van der Waals surface area contributed by atoms with Crippen molar-refractivity contribution in [2.24, 2.45) is 29.6 Å². The number of cyclic esters (lactones) is 1. The van der Waals surface area contributed by atoms with Gasteiger partial charge in [-0.05, 0) is 44.9 Å². The number of esters is 1. The quantitative estimate of drug-likeness (QED) is 0.132. The number of benzene rings is 1. The number of ketones is 2. The van der Waals surface area contributed by atoms with Crippen molar-refractivity contribution in [3.05, 3.63) is 53.6 Å². The Labute approximate surface area is 367 Å². The first kappa shape index (κ1) is 48.2. The molecule has 1 aliphatic carbocycles. The Morgan fingerprint density at radius 1 is 0.950 bits per heavy atom. The number of nitrogens with zero attached hydrogens (tertiary/aromatic N) is 1. The molecule has 3 fully saturated rings. The van der Waals surface area contributed by atoms with Gasteiger partial charge < -0.3 is 19.3 Å². The van der Waals surface area contributed by atoms with Crippen LogP contribution in [0.25, 0.3) is 0 Å². The van der Waals surface area contributed by atoms with Gasteiger partial charge in [0, 0.05) is 20.1 Å². The minimum atomic E-state index is -2.46. The fourth-order valence-electron chi connectivity index (χ4n) is 9.99. The van der Waals surface area contributed by atoms with Gasteiger partial charge in [-0.25, -0.2) is 0 Å². The maximum atomic E-state index is 14.4. The molecule has 14 atom stereocenters. The van der Waals surface area contributed by atoms with Crippen molar-refractivity contribution in [3.8, 4) is 5.75 Å². The molecule has 1 N–H and O–H groups in total. The van der Waals surface area contributed by atoms with Gasteiger partial charge in [0.05, 0.1) is 12.2 Å². The molecule has 5 rings (SSSR count). The molecule has 334 valence electrons. The molecule has 2 saturated heterocycles. The van der Waals surface area contributed by atoms with E-state index in [4.69, 9.17) is 23.7 Å². The van der Waals surface area contributed by atoms with Crippen LogP contribution < -0.4 is 4.74 Å². The summed E-state index contributed by atoms with van der Waals surface area (Å²) in [6, 6.07) is 8.88. The van der Waals surface area contributed by atoms with E-state index in [1.807, 2.05) is 58.0 Å². The monoisotopic (exact) mass is 897 g/mol. The Balaban J connectivity index is 1.48. The number of rotatable bonds is 7. The second kappa shape index (κ2) is 22.0. The van der Waals surface area contributed by atoms with E-state index in [0.717, 1.165) is 36.2 Å². The fourth-order valence-corrected chi connectivity index (χ4v) is 10.9. The molecular weight excluding hydrogens is 825 g/mol. The first-order valence-electron chi connectivity index (χ1n) is 22.5. The van der Waals surface area contributed by atoms with Crippen molar-refractivity contribution in [3.63, 3.8) is 0 Å². The van der Waals surface area contributed by atoms with Gasteiger partial charge in [-0.1, -0.05) is 32.4 Å². The van der Waals surface area contributed by atoms with E-state index >= 15 is 0 Å². The Kier molecular flexibility index (Phi) is 17.7. The third-order valence-corrected chi connectivity index (χ3v) is 15.2. The van der Waals surface area contributed by atoms with Gasteiger partial charge in [0.2, 0.25) is 5.79 Å². The van der Waals surface area contributed by atoms with Crippen LogP contribution in [0.15, 0.2) is 53.6 Å².